The van der Waals surface area contributed by atoms with Crippen LogP contribution >= 0.6 is 11.6 Å². The number of hydrogen-bond acceptors (Lipinski definition) is 3. The number of nitrogens with zero attached hydrogens (tertiary/aromatic N) is 3. The summed E-state index contributed by atoms with van der Waals surface area (Å²) in [4.78, 5) is 10.7. The molecule has 1 aliphatic heterocycles. The first-order valence-electron chi connectivity index (χ1n) is 5.26. The van der Waals surface area contributed by atoms with Crippen LogP contribution in [0.1, 0.15) is 20.3 Å². The van der Waals surface area contributed by atoms with E-state index in [9.17, 15) is 0 Å². The van der Waals surface area contributed by atoms with Crippen molar-refractivity contribution < 1.29 is 0 Å². The van der Waals surface area contributed by atoms with Crippen molar-refractivity contribution in [2.24, 2.45) is 5.41 Å². The van der Waals surface area contributed by atoms with Crippen molar-refractivity contribution in [3.63, 3.8) is 0 Å². The van der Waals surface area contributed by atoms with Crippen LogP contribution in [0.5, 0.6) is 0 Å². The third kappa shape index (κ3) is 2.23. The lowest BCUT2D eigenvalue weighted by molar-refractivity contribution is 0.298. The van der Waals surface area contributed by atoms with Gasteiger partial charge in [0, 0.05) is 30.9 Å². The Hall–Kier alpha value is -0.830. The first kappa shape index (κ1) is 10.7. The van der Waals surface area contributed by atoms with Gasteiger partial charge in [0.05, 0.1) is 0 Å². The zero-order chi connectivity index (χ0) is 10.9. The molecule has 0 N–H and O–H groups in total. The normalized spacial score (nSPS) is 25.3. The van der Waals surface area contributed by atoms with Crippen LogP contribution in [0.4, 0.5) is 5.95 Å². The van der Waals surface area contributed by atoms with Crippen LogP contribution in [0.15, 0.2) is 18.5 Å². The molecule has 0 amide bonds. The lowest BCUT2D eigenvalue weighted by atomic mass is 9.84. The van der Waals surface area contributed by atoms with Gasteiger partial charge < -0.3 is 4.90 Å². The largest absolute Gasteiger partial charge is 0.340 e. The van der Waals surface area contributed by atoms with E-state index in [4.69, 9.17) is 11.6 Å². The maximum absolute atomic E-state index is 6.29. The van der Waals surface area contributed by atoms with Gasteiger partial charge in [-0.15, -0.1) is 11.6 Å². The van der Waals surface area contributed by atoms with E-state index in [1.807, 2.05) is 6.07 Å². The number of anilines is 1. The summed E-state index contributed by atoms with van der Waals surface area (Å²) in [7, 11) is 0. The number of halogens is 1. The SMILES string of the molecule is CC1(C)CN(c2ncccn2)CCC1Cl. The van der Waals surface area contributed by atoms with Gasteiger partial charge in [-0.2, -0.15) is 0 Å². The summed E-state index contributed by atoms with van der Waals surface area (Å²) in [6.07, 6.45) is 4.55. The highest BCUT2D eigenvalue weighted by molar-refractivity contribution is 6.21. The maximum Gasteiger partial charge on any atom is 0.225 e. The van der Waals surface area contributed by atoms with Crippen LogP contribution < -0.4 is 4.90 Å². The molecule has 0 spiro atoms. The minimum Gasteiger partial charge on any atom is -0.340 e. The van der Waals surface area contributed by atoms with Crippen LogP contribution in [0.25, 0.3) is 0 Å². The average Bonchev–Trinajstić information content (AvgIpc) is 2.23. The quantitative estimate of drug-likeness (QED) is 0.687. The molecule has 1 unspecified atom stereocenters. The van der Waals surface area contributed by atoms with Gasteiger partial charge in [-0.3, -0.25) is 0 Å². The van der Waals surface area contributed by atoms with Crippen LogP contribution in [0.3, 0.4) is 0 Å². The molecule has 0 aliphatic carbocycles. The monoisotopic (exact) mass is 225 g/mol. The van der Waals surface area contributed by atoms with Crippen molar-refractivity contribution in [3.8, 4) is 0 Å². The van der Waals surface area contributed by atoms with E-state index in [-0.39, 0.29) is 10.8 Å². The maximum atomic E-state index is 6.29. The Kier molecular flexibility index (Phi) is 2.83. The van der Waals surface area contributed by atoms with Gasteiger partial charge in [0.1, 0.15) is 0 Å². The first-order chi connectivity index (χ1) is 7.09. The smallest absolute Gasteiger partial charge is 0.225 e. The highest BCUT2D eigenvalue weighted by atomic mass is 35.5. The highest BCUT2D eigenvalue weighted by Crippen LogP contribution is 2.34. The molecule has 0 aromatic carbocycles. The summed E-state index contributed by atoms with van der Waals surface area (Å²) >= 11 is 6.29. The Morgan fingerprint density at radius 2 is 2.07 bits per heavy atom. The predicted molar refractivity (Wildman–Crippen MR) is 62.3 cm³/mol. The third-order valence-corrected chi connectivity index (χ3v) is 3.74. The Bertz CT molecular complexity index is 326. The number of rotatable bonds is 1. The van der Waals surface area contributed by atoms with Crippen molar-refractivity contribution in [1.29, 1.82) is 0 Å². The molecule has 0 bridgehead atoms. The van der Waals surface area contributed by atoms with Gasteiger partial charge in [0.15, 0.2) is 0 Å². The van der Waals surface area contributed by atoms with E-state index in [0.29, 0.717) is 0 Å². The van der Waals surface area contributed by atoms with E-state index in [1.54, 1.807) is 12.4 Å². The van der Waals surface area contributed by atoms with E-state index < -0.39 is 0 Å². The van der Waals surface area contributed by atoms with Crippen LogP contribution in [0, 0.1) is 5.41 Å². The fourth-order valence-electron chi connectivity index (χ4n) is 1.96. The second-order valence-corrected chi connectivity index (χ2v) is 5.24. The van der Waals surface area contributed by atoms with Gasteiger partial charge in [-0.25, -0.2) is 9.97 Å². The summed E-state index contributed by atoms with van der Waals surface area (Å²) < 4.78 is 0. The molecule has 2 rings (SSSR count). The predicted octanol–water partition coefficient (Wildman–Crippen LogP) is 2.32. The zero-order valence-electron chi connectivity index (χ0n) is 9.15. The molecule has 1 aromatic rings. The Morgan fingerprint density at radius 3 is 2.67 bits per heavy atom. The molecule has 1 aromatic heterocycles. The molecule has 3 nitrogen and oxygen atoms in total. The van der Waals surface area contributed by atoms with E-state index in [1.165, 1.54) is 0 Å². The van der Waals surface area contributed by atoms with Gasteiger partial charge >= 0.3 is 0 Å². The van der Waals surface area contributed by atoms with Gasteiger partial charge in [-0.1, -0.05) is 13.8 Å². The molecular formula is C11H16ClN3. The summed E-state index contributed by atoms with van der Waals surface area (Å²) in [5.41, 5.74) is 0.124. The van der Waals surface area contributed by atoms with Crippen LogP contribution in [-0.2, 0) is 0 Å². The topological polar surface area (TPSA) is 29.0 Å². The standard InChI is InChI=1S/C11H16ClN3/c1-11(2)8-15(7-4-9(11)12)10-13-5-3-6-14-10/h3,5-6,9H,4,7-8H2,1-2H3. The number of piperidine rings is 1. The molecule has 0 radical (unpaired) electrons. The molecule has 2 heterocycles. The molecule has 82 valence electrons. The Balaban J connectivity index is 2.14. The van der Waals surface area contributed by atoms with Crippen molar-refractivity contribution in [3.05, 3.63) is 18.5 Å². The van der Waals surface area contributed by atoms with Crippen molar-refractivity contribution in [1.82, 2.24) is 9.97 Å². The zero-order valence-corrected chi connectivity index (χ0v) is 9.91. The molecule has 1 fully saturated rings. The van der Waals surface area contributed by atoms with Gasteiger partial charge in [0.2, 0.25) is 5.95 Å². The Morgan fingerprint density at radius 1 is 1.40 bits per heavy atom. The van der Waals surface area contributed by atoms with E-state index >= 15 is 0 Å². The minimum absolute atomic E-state index is 0.124. The molecular weight excluding hydrogens is 210 g/mol. The van der Waals surface area contributed by atoms with Gasteiger partial charge in [0.25, 0.3) is 0 Å². The fourth-order valence-corrected chi connectivity index (χ4v) is 2.12. The summed E-state index contributed by atoms with van der Waals surface area (Å²) in [6.45, 7) is 6.26. The third-order valence-electron chi connectivity index (χ3n) is 2.93. The fraction of sp³-hybridized carbons (Fsp3) is 0.636. The van der Waals surface area contributed by atoms with Crippen LogP contribution in [-0.4, -0.2) is 28.4 Å². The molecule has 0 saturated carbocycles. The lowest BCUT2D eigenvalue weighted by Crippen LogP contribution is -2.47. The summed E-state index contributed by atoms with van der Waals surface area (Å²) in [6, 6.07) is 1.84. The first-order valence-corrected chi connectivity index (χ1v) is 5.69. The Labute approximate surface area is 95.5 Å². The van der Waals surface area contributed by atoms with Crippen molar-refractivity contribution >= 4 is 17.5 Å². The average molecular weight is 226 g/mol. The molecule has 1 saturated heterocycles. The van der Waals surface area contributed by atoms with Crippen molar-refractivity contribution in [2.75, 3.05) is 18.0 Å². The lowest BCUT2D eigenvalue weighted by Gasteiger charge is -2.41. The second-order valence-electron chi connectivity index (χ2n) is 4.72. The highest BCUT2D eigenvalue weighted by Gasteiger charge is 2.35. The van der Waals surface area contributed by atoms with E-state index in [2.05, 4.69) is 28.7 Å². The molecule has 15 heavy (non-hydrogen) atoms. The van der Waals surface area contributed by atoms with E-state index in [0.717, 1.165) is 25.5 Å². The van der Waals surface area contributed by atoms with Crippen molar-refractivity contribution in [2.45, 2.75) is 25.6 Å². The molecule has 4 heteroatoms. The molecule has 1 aliphatic rings. The second kappa shape index (κ2) is 3.97. The van der Waals surface area contributed by atoms with Crippen LogP contribution in [0.2, 0.25) is 0 Å². The number of hydrogen-bond donors (Lipinski definition) is 0. The summed E-state index contributed by atoms with van der Waals surface area (Å²) in [5, 5.41) is 0.248. The number of aromatic nitrogens is 2. The van der Waals surface area contributed by atoms with Gasteiger partial charge in [-0.05, 0) is 17.9 Å². The minimum atomic E-state index is 0.124. The number of alkyl halides is 1. The summed E-state index contributed by atoms with van der Waals surface area (Å²) in [5.74, 6) is 0.814. The molecule has 1 atom stereocenters.